The Hall–Kier alpha value is -1.82. The highest BCUT2D eigenvalue weighted by atomic mass is 32.1. The number of nitrogens with zero attached hydrogens (tertiary/aromatic N) is 2. The third kappa shape index (κ3) is 4.32. The molecule has 2 N–H and O–H groups in total. The summed E-state index contributed by atoms with van der Waals surface area (Å²) >= 11 is 5.24. The summed E-state index contributed by atoms with van der Waals surface area (Å²) in [6, 6.07) is 8.09. The summed E-state index contributed by atoms with van der Waals surface area (Å²) in [6.45, 7) is 5.64. The second kappa shape index (κ2) is 7.83. The Morgan fingerprint density at radius 2 is 2.19 bits per heavy atom. The molecule has 0 fully saturated rings. The van der Waals surface area contributed by atoms with Gasteiger partial charge in [0.2, 0.25) is 4.77 Å². The lowest BCUT2D eigenvalue weighted by molar-refractivity contribution is 0.317. The molecule has 0 bridgehead atoms. The van der Waals surface area contributed by atoms with Gasteiger partial charge in [0.25, 0.3) is 0 Å². The maximum atomic E-state index is 5.65. The van der Waals surface area contributed by atoms with E-state index in [2.05, 4.69) is 35.5 Å². The first-order valence-corrected chi connectivity index (χ1v) is 7.77. The summed E-state index contributed by atoms with van der Waals surface area (Å²) in [7, 11) is 0. The van der Waals surface area contributed by atoms with Crippen molar-refractivity contribution in [2.45, 2.75) is 39.7 Å². The second-order valence-electron chi connectivity index (χ2n) is 4.86. The Morgan fingerprint density at radius 1 is 1.33 bits per heavy atom. The molecule has 0 saturated heterocycles. The van der Waals surface area contributed by atoms with Gasteiger partial charge in [0, 0.05) is 6.42 Å². The fourth-order valence-corrected chi connectivity index (χ4v) is 2.23. The van der Waals surface area contributed by atoms with Crippen LogP contribution in [-0.2, 0) is 13.0 Å². The lowest BCUT2D eigenvalue weighted by Gasteiger charge is -2.11. The number of H-pyrrole nitrogens is 1. The van der Waals surface area contributed by atoms with E-state index in [0.29, 0.717) is 11.3 Å². The summed E-state index contributed by atoms with van der Waals surface area (Å²) in [5.74, 6) is 1.83. The normalized spacial score (nSPS) is 10.6. The minimum Gasteiger partial charge on any atom is -0.494 e. The van der Waals surface area contributed by atoms with Crippen molar-refractivity contribution in [1.82, 2.24) is 14.9 Å². The first-order chi connectivity index (χ1) is 10.2. The zero-order valence-electron chi connectivity index (χ0n) is 12.6. The van der Waals surface area contributed by atoms with Gasteiger partial charge >= 0.3 is 0 Å². The van der Waals surface area contributed by atoms with Crippen molar-refractivity contribution in [2.75, 3.05) is 12.0 Å². The van der Waals surface area contributed by atoms with E-state index in [1.54, 1.807) is 0 Å². The topological polar surface area (TPSA) is 54.9 Å². The number of hydrogen-bond donors (Lipinski definition) is 2. The van der Waals surface area contributed by atoms with E-state index in [-0.39, 0.29) is 0 Å². The Kier molecular flexibility index (Phi) is 5.80. The molecule has 1 aromatic carbocycles. The van der Waals surface area contributed by atoms with Gasteiger partial charge in [-0.15, -0.1) is 0 Å². The van der Waals surface area contributed by atoms with Crippen LogP contribution in [0.5, 0.6) is 5.75 Å². The number of aromatic nitrogens is 3. The molecule has 2 aromatic rings. The standard InChI is InChI=1S/C15H22N4OS/c1-3-6-14-17-18-15(21)19(14)16-11-12-7-5-8-13(10-12)20-9-4-2/h5,7-8,10,16H,3-4,6,9,11H2,1-2H3,(H,18,21). The van der Waals surface area contributed by atoms with Crippen molar-refractivity contribution in [3.63, 3.8) is 0 Å². The van der Waals surface area contributed by atoms with Crippen LogP contribution in [-0.4, -0.2) is 21.5 Å². The van der Waals surface area contributed by atoms with Gasteiger partial charge in [0.15, 0.2) is 5.82 Å². The zero-order chi connectivity index (χ0) is 15.1. The van der Waals surface area contributed by atoms with E-state index < -0.39 is 0 Å². The molecule has 0 aliphatic rings. The molecule has 114 valence electrons. The van der Waals surface area contributed by atoms with Crippen LogP contribution in [0.15, 0.2) is 24.3 Å². The first kappa shape index (κ1) is 15.6. The van der Waals surface area contributed by atoms with Crippen molar-refractivity contribution in [1.29, 1.82) is 0 Å². The highest BCUT2D eigenvalue weighted by Crippen LogP contribution is 2.14. The Bertz CT molecular complexity index is 620. The molecule has 5 nitrogen and oxygen atoms in total. The smallest absolute Gasteiger partial charge is 0.214 e. The molecule has 0 aliphatic carbocycles. The Balaban J connectivity index is 2.03. The minimum atomic E-state index is 0.594. The van der Waals surface area contributed by atoms with E-state index in [9.17, 15) is 0 Å². The summed E-state index contributed by atoms with van der Waals surface area (Å²) < 4.78 is 8.09. The summed E-state index contributed by atoms with van der Waals surface area (Å²) in [4.78, 5) is 0. The van der Waals surface area contributed by atoms with E-state index in [1.165, 1.54) is 0 Å². The quantitative estimate of drug-likeness (QED) is 0.734. The van der Waals surface area contributed by atoms with Crippen molar-refractivity contribution in [3.05, 3.63) is 40.4 Å². The molecule has 21 heavy (non-hydrogen) atoms. The third-order valence-electron chi connectivity index (χ3n) is 3.03. The van der Waals surface area contributed by atoms with Crippen molar-refractivity contribution < 1.29 is 4.74 Å². The Labute approximate surface area is 130 Å². The minimum absolute atomic E-state index is 0.594. The van der Waals surface area contributed by atoms with Crippen LogP contribution in [0, 0.1) is 4.77 Å². The summed E-state index contributed by atoms with van der Waals surface area (Å²) in [6.07, 6.45) is 2.93. The van der Waals surface area contributed by atoms with E-state index in [0.717, 1.165) is 43.0 Å². The van der Waals surface area contributed by atoms with Crippen LogP contribution in [0.1, 0.15) is 38.1 Å². The second-order valence-corrected chi connectivity index (χ2v) is 5.25. The molecular formula is C15H22N4OS. The average Bonchev–Trinajstić information content (AvgIpc) is 2.84. The first-order valence-electron chi connectivity index (χ1n) is 7.36. The van der Waals surface area contributed by atoms with Gasteiger partial charge in [-0.3, -0.25) is 5.10 Å². The molecule has 1 heterocycles. The predicted octanol–water partition coefficient (Wildman–Crippen LogP) is 3.43. The fourth-order valence-electron chi connectivity index (χ4n) is 2.02. The molecule has 2 rings (SSSR count). The number of ether oxygens (including phenoxy) is 1. The molecular weight excluding hydrogens is 284 g/mol. The molecule has 1 aromatic heterocycles. The van der Waals surface area contributed by atoms with Gasteiger partial charge in [-0.1, -0.05) is 26.0 Å². The number of benzene rings is 1. The highest BCUT2D eigenvalue weighted by molar-refractivity contribution is 7.71. The molecule has 0 amide bonds. The molecule has 6 heteroatoms. The number of aromatic amines is 1. The molecule has 0 unspecified atom stereocenters. The molecule has 0 saturated carbocycles. The Morgan fingerprint density at radius 3 is 2.95 bits per heavy atom. The zero-order valence-corrected chi connectivity index (χ0v) is 13.4. The maximum absolute atomic E-state index is 5.65. The summed E-state index contributed by atoms with van der Waals surface area (Å²) in [5.41, 5.74) is 4.46. The van der Waals surface area contributed by atoms with Crippen molar-refractivity contribution in [2.24, 2.45) is 0 Å². The number of hydrogen-bond acceptors (Lipinski definition) is 4. The van der Waals surface area contributed by atoms with Crippen LogP contribution in [0.2, 0.25) is 0 Å². The lowest BCUT2D eigenvalue weighted by atomic mass is 10.2. The monoisotopic (exact) mass is 306 g/mol. The van der Waals surface area contributed by atoms with Crippen LogP contribution < -0.4 is 10.2 Å². The SMILES string of the molecule is CCCOc1cccc(CNn2c(CCC)n[nH]c2=S)c1. The van der Waals surface area contributed by atoms with Crippen LogP contribution >= 0.6 is 12.2 Å². The van der Waals surface area contributed by atoms with Crippen molar-refractivity contribution >= 4 is 12.2 Å². The van der Waals surface area contributed by atoms with Gasteiger partial charge in [0.1, 0.15) is 5.75 Å². The summed E-state index contributed by atoms with van der Waals surface area (Å²) in [5, 5.41) is 7.06. The lowest BCUT2D eigenvalue weighted by Crippen LogP contribution is -2.17. The fraction of sp³-hybridized carbons (Fsp3) is 0.467. The molecule has 0 radical (unpaired) electrons. The maximum Gasteiger partial charge on any atom is 0.214 e. The molecule has 0 aliphatic heterocycles. The van der Waals surface area contributed by atoms with Gasteiger partial charge in [0.05, 0.1) is 13.2 Å². The average molecular weight is 306 g/mol. The molecule has 0 atom stereocenters. The van der Waals surface area contributed by atoms with Crippen LogP contribution in [0.4, 0.5) is 0 Å². The predicted molar refractivity (Wildman–Crippen MR) is 86.7 cm³/mol. The van der Waals surface area contributed by atoms with Crippen molar-refractivity contribution in [3.8, 4) is 5.75 Å². The third-order valence-corrected chi connectivity index (χ3v) is 3.30. The number of nitrogens with one attached hydrogen (secondary N) is 2. The van der Waals surface area contributed by atoms with Gasteiger partial charge in [-0.05, 0) is 42.8 Å². The van der Waals surface area contributed by atoms with Gasteiger partial charge < -0.3 is 10.2 Å². The van der Waals surface area contributed by atoms with Crippen LogP contribution in [0.3, 0.4) is 0 Å². The highest BCUT2D eigenvalue weighted by Gasteiger charge is 2.05. The van der Waals surface area contributed by atoms with Gasteiger partial charge in [-0.25, -0.2) is 4.68 Å². The molecule has 0 spiro atoms. The number of rotatable bonds is 8. The van der Waals surface area contributed by atoms with E-state index in [4.69, 9.17) is 17.0 Å². The van der Waals surface area contributed by atoms with E-state index in [1.807, 2.05) is 22.9 Å². The van der Waals surface area contributed by atoms with Crippen LogP contribution in [0.25, 0.3) is 0 Å². The largest absolute Gasteiger partial charge is 0.494 e. The number of aryl methyl sites for hydroxylation is 1. The van der Waals surface area contributed by atoms with Gasteiger partial charge in [-0.2, -0.15) is 5.10 Å². The van der Waals surface area contributed by atoms with E-state index >= 15 is 0 Å².